The van der Waals surface area contributed by atoms with Gasteiger partial charge in [0.1, 0.15) is 0 Å². The number of ether oxygens (including phenoxy) is 2. The zero-order valence-corrected chi connectivity index (χ0v) is 11.6. The number of hydrogen-bond acceptors (Lipinski definition) is 6. The minimum absolute atomic E-state index is 0.333. The number of piperidine rings is 1. The second-order valence-electron chi connectivity index (χ2n) is 4.53. The Bertz CT molecular complexity index is 359. The van der Waals surface area contributed by atoms with Gasteiger partial charge in [-0.25, -0.2) is 4.98 Å². The molecule has 1 unspecified atom stereocenters. The largest absolute Gasteiger partial charge is 0.382 e. The molecule has 0 radical (unpaired) electrons. The molecule has 0 aliphatic carbocycles. The average molecular weight is 271 g/mol. The molecule has 1 aliphatic rings. The molecule has 2 rings (SSSR count). The molecule has 5 nitrogen and oxygen atoms in total. The van der Waals surface area contributed by atoms with Crippen LogP contribution in [0.1, 0.15) is 17.7 Å². The highest BCUT2D eigenvalue weighted by Gasteiger charge is 2.20. The SMILES string of the molecule is COCCOC1CCCN(Cc2cnc(N)s2)C1. The summed E-state index contributed by atoms with van der Waals surface area (Å²) in [5.41, 5.74) is 5.64. The van der Waals surface area contributed by atoms with Crippen LogP contribution in [0.5, 0.6) is 0 Å². The van der Waals surface area contributed by atoms with Gasteiger partial charge in [-0.05, 0) is 19.4 Å². The summed E-state index contributed by atoms with van der Waals surface area (Å²) in [6.45, 7) is 4.40. The van der Waals surface area contributed by atoms with E-state index in [4.69, 9.17) is 15.2 Å². The molecule has 6 heteroatoms. The average Bonchev–Trinajstić information content (AvgIpc) is 2.76. The molecule has 1 saturated heterocycles. The Kier molecular flexibility index (Phi) is 5.37. The molecule has 1 aromatic rings. The van der Waals surface area contributed by atoms with E-state index in [1.54, 1.807) is 18.4 Å². The number of thiazole rings is 1. The first kappa shape index (κ1) is 13.7. The van der Waals surface area contributed by atoms with Crippen LogP contribution in [0.25, 0.3) is 0 Å². The predicted molar refractivity (Wildman–Crippen MR) is 72.7 cm³/mol. The lowest BCUT2D eigenvalue weighted by Crippen LogP contribution is -2.39. The number of anilines is 1. The third kappa shape index (κ3) is 4.20. The Labute approximate surface area is 112 Å². The van der Waals surface area contributed by atoms with Crippen molar-refractivity contribution in [2.45, 2.75) is 25.5 Å². The molecule has 1 aliphatic heterocycles. The Balaban J connectivity index is 1.76. The van der Waals surface area contributed by atoms with Crippen LogP contribution in [-0.4, -0.2) is 49.4 Å². The molecule has 1 aromatic heterocycles. The monoisotopic (exact) mass is 271 g/mol. The summed E-state index contributed by atoms with van der Waals surface area (Å²) in [4.78, 5) is 7.72. The van der Waals surface area contributed by atoms with E-state index in [0.717, 1.165) is 26.1 Å². The zero-order chi connectivity index (χ0) is 12.8. The van der Waals surface area contributed by atoms with E-state index in [-0.39, 0.29) is 0 Å². The number of nitrogens with two attached hydrogens (primary N) is 1. The summed E-state index contributed by atoms with van der Waals surface area (Å²) in [6.07, 6.45) is 4.53. The second kappa shape index (κ2) is 7.04. The lowest BCUT2D eigenvalue weighted by molar-refractivity contribution is -0.0222. The molecule has 0 spiro atoms. The van der Waals surface area contributed by atoms with Gasteiger partial charge in [-0.3, -0.25) is 4.90 Å². The lowest BCUT2D eigenvalue weighted by Gasteiger charge is -2.32. The van der Waals surface area contributed by atoms with Crippen molar-refractivity contribution in [1.82, 2.24) is 9.88 Å². The van der Waals surface area contributed by atoms with Crippen molar-refractivity contribution in [1.29, 1.82) is 0 Å². The number of aromatic nitrogens is 1. The van der Waals surface area contributed by atoms with E-state index in [1.165, 1.54) is 11.3 Å². The predicted octanol–water partition coefficient (Wildman–Crippen LogP) is 1.35. The van der Waals surface area contributed by atoms with E-state index in [2.05, 4.69) is 9.88 Å². The van der Waals surface area contributed by atoms with Crippen LogP contribution in [0.2, 0.25) is 0 Å². The summed E-state index contributed by atoms with van der Waals surface area (Å²) < 4.78 is 10.8. The van der Waals surface area contributed by atoms with Crippen LogP contribution < -0.4 is 5.73 Å². The molecule has 0 amide bonds. The van der Waals surface area contributed by atoms with Gasteiger partial charge < -0.3 is 15.2 Å². The van der Waals surface area contributed by atoms with Gasteiger partial charge in [0.25, 0.3) is 0 Å². The number of likely N-dealkylation sites (tertiary alicyclic amines) is 1. The Morgan fingerprint density at radius 1 is 1.56 bits per heavy atom. The summed E-state index contributed by atoms with van der Waals surface area (Å²) in [5.74, 6) is 0. The third-order valence-corrected chi connectivity index (χ3v) is 3.87. The van der Waals surface area contributed by atoms with Crippen LogP contribution in [0, 0.1) is 0 Å². The molecule has 0 bridgehead atoms. The van der Waals surface area contributed by atoms with Crippen molar-refractivity contribution in [2.75, 3.05) is 39.1 Å². The first-order valence-electron chi connectivity index (χ1n) is 6.31. The Morgan fingerprint density at radius 3 is 3.17 bits per heavy atom. The molecule has 102 valence electrons. The molecule has 1 fully saturated rings. The first-order valence-corrected chi connectivity index (χ1v) is 7.12. The standard InChI is InChI=1S/C12H21N3O2S/c1-16-5-6-17-10-3-2-4-15(8-10)9-11-7-14-12(13)18-11/h7,10H,2-6,8-9H2,1H3,(H2,13,14). The first-order chi connectivity index (χ1) is 8.78. The van der Waals surface area contributed by atoms with Crippen LogP contribution in [0.3, 0.4) is 0 Å². The normalized spacial score (nSPS) is 21.3. The Hall–Kier alpha value is -0.690. The molecule has 1 atom stereocenters. The van der Waals surface area contributed by atoms with Gasteiger partial charge in [0.2, 0.25) is 0 Å². The van der Waals surface area contributed by atoms with E-state index >= 15 is 0 Å². The maximum Gasteiger partial charge on any atom is 0.180 e. The van der Waals surface area contributed by atoms with E-state index < -0.39 is 0 Å². The molecule has 2 N–H and O–H groups in total. The fourth-order valence-corrected chi connectivity index (χ4v) is 2.93. The molecule has 0 saturated carbocycles. The van der Waals surface area contributed by atoms with Crippen LogP contribution in [0.15, 0.2) is 6.20 Å². The molecular weight excluding hydrogens is 250 g/mol. The summed E-state index contributed by atoms with van der Waals surface area (Å²) >= 11 is 1.57. The van der Waals surface area contributed by atoms with Gasteiger partial charge in [0, 0.05) is 31.3 Å². The maximum atomic E-state index is 5.79. The second-order valence-corrected chi connectivity index (χ2v) is 5.67. The summed E-state index contributed by atoms with van der Waals surface area (Å²) in [5, 5.41) is 0.648. The minimum atomic E-state index is 0.333. The smallest absolute Gasteiger partial charge is 0.180 e. The van der Waals surface area contributed by atoms with Crippen molar-refractivity contribution in [3.8, 4) is 0 Å². The molecular formula is C12H21N3O2S. The topological polar surface area (TPSA) is 60.6 Å². The number of methoxy groups -OCH3 is 1. The minimum Gasteiger partial charge on any atom is -0.382 e. The lowest BCUT2D eigenvalue weighted by atomic mass is 10.1. The summed E-state index contributed by atoms with van der Waals surface area (Å²) in [6, 6.07) is 0. The molecule has 18 heavy (non-hydrogen) atoms. The van der Waals surface area contributed by atoms with Crippen molar-refractivity contribution in [2.24, 2.45) is 0 Å². The number of nitrogens with zero attached hydrogens (tertiary/aromatic N) is 2. The number of nitrogen functional groups attached to an aromatic ring is 1. The molecule has 0 aromatic carbocycles. The Morgan fingerprint density at radius 2 is 2.44 bits per heavy atom. The van der Waals surface area contributed by atoms with Crippen LogP contribution in [0.4, 0.5) is 5.13 Å². The van der Waals surface area contributed by atoms with Gasteiger partial charge in [-0.1, -0.05) is 0 Å². The zero-order valence-electron chi connectivity index (χ0n) is 10.8. The van der Waals surface area contributed by atoms with E-state index in [1.807, 2.05) is 6.20 Å². The van der Waals surface area contributed by atoms with Crippen molar-refractivity contribution < 1.29 is 9.47 Å². The van der Waals surface area contributed by atoms with Gasteiger partial charge >= 0.3 is 0 Å². The van der Waals surface area contributed by atoms with Gasteiger partial charge in [-0.15, -0.1) is 11.3 Å². The number of rotatable bonds is 6. The molecule has 2 heterocycles. The van der Waals surface area contributed by atoms with E-state index in [9.17, 15) is 0 Å². The highest BCUT2D eigenvalue weighted by atomic mass is 32.1. The fraction of sp³-hybridized carbons (Fsp3) is 0.750. The fourth-order valence-electron chi connectivity index (χ4n) is 2.21. The summed E-state index contributed by atoms with van der Waals surface area (Å²) in [7, 11) is 1.70. The highest BCUT2D eigenvalue weighted by molar-refractivity contribution is 7.15. The van der Waals surface area contributed by atoms with Crippen LogP contribution >= 0.6 is 11.3 Å². The van der Waals surface area contributed by atoms with Gasteiger partial charge in [-0.2, -0.15) is 0 Å². The quantitative estimate of drug-likeness (QED) is 0.791. The van der Waals surface area contributed by atoms with E-state index in [0.29, 0.717) is 24.4 Å². The number of hydrogen-bond donors (Lipinski definition) is 1. The van der Waals surface area contributed by atoms with Gasteiger partial charge in [0.05, 0.1) is 19.3 Å². The highest BCUT2D eigenvalue weighted by Crippen LogP contribution is 2.20. The maximum absolute atomic E-state index is 5.79. The third-order valence-electron chi connectivity index (χ3n) is 3.05. The van der Waals surface area contributed by atoms with Crippen molar-refractivity contribution in [3.63, 3.8) is 0 Å². The van der Waals surface area contributed by atoms with Crippen molar-refractivity contribution in [3.05, 3.63) is 11.1 Å². The van der Waals surface area contributed by atoms with Crippen molar-refractivity contribution >= 4 is 16.5 Å². The van der Waals surface area contributed by atoms with Gasteiger partial charge in [0.15, 0.2) is 5.13 Å². The van der Waals surface area contributed by atoms with Crippen LogP contribution in [-0.2, 0) is 16.0 Å².